The van der Waals surface area contributed by atoms with Crippen LogP contribution >= 0.6 is 0 Å². The molecule has 0 atom stereocenters. The molecule has 256 valence electrons. The molecule has 8 heteroatoms. The Hall–Kier alpha value is -6.74. The Labute approximate surface area is 299 Å². The molecule has 8 aromatic carbocycles. The highest BCUT2D eigenvalue weighted by molar-refractivity contribution is 6.09. The first-order valence-electron chi connectivity index (χ1n) is 16.6. The molecule has 0 aromatic heterocycles. The van der Waals surface area contributed by atoms with Crippen LogP contribution in [-0.2, 0) is 10.1 Å². The number of ether oxygens (including phenoxy) is 2. The van der Waals surface area contributed by atoms with E-state index >= 15 is 0 Å². The number of hydrogen-bond acceptors (Lipinski definition) is 8. The van der Waals surface area contributed by atoms with Crippen molar-refractivity contribution in [3.63, 3.8) is 0 Å². The van der Waals surface area contributed by atoms with Crippen molar-refractivity contribution >= 4 is 32.3 Å². The van der Waals surface area contributed by atoms with Crippen LogP contribution in [0, 0.1) is 0 Å². The molecule has 0 heterocycles. The SMILES string of the molecule is COc1cccc(-c2cccc(OOOc3cccc4cccc(OOOc5ccc6ccccc6c5-c5c(OC)ccc6ccccc56)c34)c2)c1. The van der Waals surface area contributed by atoms with Gasteiger partial charge in [0, 0.05) is 21.2 Å². The first-order chi connectivity index (χ1) is 25.7. The van der Waals surface area contributed by atoms with Gasteiger partial charge >= 0.3 is 0 Å². The van der Waals surface area contributed by atoms with E-state index in [9.17, 15) is 0 Å². The standard InChI is InChI=1S/C44H32O8/c1-45-34-17-7-15-32(27-34)33-16-8-18-35(28-33)47-51-48-39-21-9-13-31-14-10-22-40(42(31)39)49-52-50-41-26-24-30-12-4-6-20-37(30)44(41)43-36-19-5-3-11-29(36)23-25-38(43)46-2/h3-28H,1-2H3. The summed E-state index contributed by atoms with van der Waals surface area (Å²) in [5.41, 5.74) is 3.57. The van der Waals surface area contributed by atoms with Gasteiger partial charge < -0.3 is 9.47 Å². The second kappa shape index (κ2) is 14.6. The van der Waals surface area contributed by atoms with Gasteiger partial charge in [-0.2, -0.15) is 0 Å². The third-order valence-electron chi connectivity index (χ3n) is 8.82. The van der Waals surface area contributed by atoms with E-state index in [0.717, 1.165) is 54.9 Å². The molecule has 0 spiro atoms. The van der Waals surface area contributed by atoms with Crippen LogP contribution in [0.1, 0.15) is 0 Å². The maximum atomic E-state index is 5.96. The van der Waals surface area contributed by atoms with Crippen molar-refractivity contribution in [2.75, 3.05) is 14.2 Å². The molecule has 8 rings (SSSR count). The van der Waals surface area contributed by atoms with Crippen LogP contribution in [0.3, 0.4) is 0 Å². The average Bonchev–Trinajstić information content (AvgIpc) is 3.20. The summed E-state index contributed by atoms with van der Waals surface area (Å²) in [7, 11) is 3.30. The molecule has 0 aliphatic heterocycles. The molecular weight excluding hydrogens is 656 g/mol. The Bertz CT molecular complexity index is 2520. The van der Waals surface area contributed by atoms with Crippen LogP contribution in [0.25, 0.3) is 54.6 Å². The number of rotatable bonds is 12. The van der Waals surface area contributed by atoms with E-state index in [4.69, 9.17) is 39.1 Å². The van der Waals surface area contributed by atoms with Crippen molar-refractivity contribution in [1.29, 1.82) is 0 Å². The fourth-order valence-corrected chi connectivity index (χ4v) is 6.38. The molecule has 0 fully saturated rings. The summed E-state index contributed by atoms with van der Waals surface area (Å²) in [4.78, 5) is 23.0. The van der Waals surface area contributed by atoms with Crippen molar-refractivity contribution < 1.29 is 39.1 Å². The minimum Gasteiger partial charge on any atom is -0.497 e. The molecule has 0 saturated heterocycles. The Balaban J connectivity index is 1.05. The quantitative estimate of drug-likeness (QED) is 0.0927. The number of hydrogen-bond donors (Lipinski definition) is 0. The van der Waals surface area contributed by atoms with Gasteiger partial charge in [0.05, 0.1) is 19.6 Å². The smallest absolute Gasteiger partial charge is 0.181 e. The third kappa shape index (κ3) is 6.47. The number of fused-ring (bicyclic) bond motifs is 3. The van der Waals surface area contributed by atoms with Gasteiger partial charge in [-0.05, 0) is 86.6 Å². The first kappa shape index (κ1) is 32.5. The minimum atomic E-state index is 0.335. The first-order valence-corrected chi connectivity index (χ1v) is 16.6. The predicted octanol–water partition coefficient (Wildman–Crippen LogP) is 11.1. The lowest BCUT2D eigenvalue weighted by atomic mass is 9.92. The zero-order valence-electron chi connectivity index (χ0n) is 28.3. The normalized spacial score (nSPS) is 11.0. The van der Waals surface area contributed by atoms with E-state index in [1.165, 1.54) is 0 Å². The zero-order chi connectivity index (χ0) is 35.3. The molecule has 0 unspecified atom stereocenters. The van der Waals surface area contributed by atoms with Crippen LogP contribution in [0.4, 0.5) is 0 Å². The van der Waals surface area contributed by atoms with Crippen LogP contribution < -0.4 is 29.0 Å². The maximum Gasteiger partial charge on any atom is 0.181 e. The van der Waals surface area contributed by atoms with E-state index in [2.05, 4.69) is 18.2 Å². The van der Waals surface area contributed by atoms with Crippen molar-refractivity contribution in [2.45, 2.75) is 0 Å². The van der Waals surface area contributed by atoms with E-state index in [1.54, 1.807) is 32.4 Å². The van der Waals surface area contributed by atoms with Crippen LogP contribution in [0.2, 0.25) is 0 Å². The van der Waals surface area contributed by atoms with Gasteiger partial charge in [-0.1, -0.05) is 109 Å². The molecule has 8 aromatic rings. The Morgan fingerprint density at radius 1 is 0.346 bits per heavy atom. The van der Waals surface area contributed by atoms with E-state index in [-0.39, 0.29) is 0 Å². The zero-order valence-corrected chi connectivity index (χ0v) is 28.3. The monoisotopic (exact) mass is 688 g/mol. The number of benzene rings is 8. The minimum absolute atomic E-state index is 0.335. The Morgan fingerprint density at radius 3 is 1.48 bits per heavy atom. The second-order valence-electron chi connectivity index (χ2n) is 11.9. The summed E-state index contributed by atoms with van der Waals surface area (Å²) in [6, 6.07) is 50.3. The van der Waals surface area contributed by atoms with E-state index in [1.807, 2.05) is 121 Å². The molecular formula is C44H32O8. The maximum absolute atomic E-state index is 5.96. The average molecular weight is 689 g/mol. The fourth-order valence-electron chi connectivity index (χ4n) is 6.38. The van der Waals surface area contributed by atoms with Gasteiger partial charge in [-0.15, -0.1) is 0 Å². The van der Waals surface area contributed by atoms with Gasteiger partial charge in [0.25, 0.3) is 0 Å². The van der Waals surface area contributed by atoms with Crippen molar-refractivity contribution in [2.24, 2.45) is 0 Å². The van der Waals surface area contributed by atoms with Gasteiger partial charge in [0.15, 0.2) is 23.0 Å². The summed E-state index contributed by atoms with van der Waals surface area (Å²) in [5.74, 6) is 3.02. The predicted molar refractivity (Wildman–Crippen MR) is 201 cm³/mol. The Morgan fingerprint density at radius 2 is 0.846 bits per heavy atom. The van der Waals surface area contributed by atoms with E-state index < -0.39 is 0 Å². The molecule has 8 nitrogen and oxygen atoms in total. The molecule has 0 aliphatic carbocycles. The summed E-state index contributed by atoms with van der Waals surface area (Å²) in [6.45, 7) is 0. The van der Waals surface area contributed by atoms with Crippen molar-refractivity contribution in [3.05, 3.63) is 158 Å². The molecule has 0 amide bonds. The lowest BCUT2D eigenvalue weighted by Gasteiger charge is -2.17. The molecule has 0 bridgehead atoms. The highest BCUT2D eigenvalue weighted by Gasteiger charge is 2.20. The van der Waals surface area contributed by atoms with Crippen LogP contribution in [-0.4, -0.2) is 14.2 Å². The molecule has 0 aliphatic rings. The molecule has 0 saturated carbocycles. The van der Waals surface area contributed by atoms with Crippen LogP contribution in [0.5, 0.6) is 34.5 Å². The van der Waals surface area contributed by atoms with Crippen LogP contribution in [0.15, 0.2) is 158 Å². The molecule has 0 radical (unpaired) electrons. The lowest BCUT2D eigenvalue weighted by Crippen LogP contribution is -2.05. The summed E-state index contributed by atoms with van der Waals surface area (Å²) in [5, 5.41) is 16.3. The topological polar surface area (TPSA) is 73.8 Å². The lowest BCUT2D eigenvalue weighted by molar-refractivity contribution is -0.412. The summed E-state index contributed by atoms with van der Waals surface area (Å²) in [6.07, 6.45) is 0. The summed E-state index contributed by atoms with van der Waals surface area (Å²) < 4.78 is 11.2. The van der Waals surface area contributed by atoms with Gasteiger partial charge in [0.1, 0.15) is 11.5 Å². The van der Waals surface area contributed by atoms with Crippen molar-refractivity contribution in [3.8, 4) is 56.8 Å². The highest BCUT2D eigenvalue weighted by atomic mass is 17.5. The fraction of sp³-hybridized carbons (Fsp3) is 0.0455. The second-order valence-corrected chi connectivity index (χ2v) is 11.9. The van der Waals surface area contributed by atoms with Gasteiger partial charge in [0.2, 0.25) is 0 Å². The van der Waals surface area contributed by atoms with Crippen molar-refractivity contribution in [1.82, 2.24) is 0 Å². The Kier molecular flexibility index (Phi) is 9.13. The van der Waals surface area contributed by atoms with E-state index in [0.29, 0.717) is 34.1 Å². The highest BCUT2D eigenvalue weighted by Crippen LogP contribution is 2.45. The van der Waals surface area contributed by atoms with Gasteiger partial charge in [-0.3, -0.25) is 19.6 Å². The number of methoxy groups -OCH3 is 2. The summed E-state index contributed by atoms with van der Waals surface area (Å²) >= 11 is 0. The molecule has 0 N–H and O–H groups in total. The third-order valence-corrected chi connectivity index (χ3v) is 8.82. The van der Waals surface area contributed by atoms with Gasteiger partial charge in [-0.25, -0.2) is 0 Å². The largest absolute Gasteiger partial charge is 0.497 e. The molecule has 52 heavy (non-hydrogen) atoms.